The number of para-hydroxylation sites is 1. The second-order valence-electron chi connectivity index (χ2n) is 7.58. The Hall–Kier alpha value is -4.31. The topological polar surface area (TPSA) is 106 Å². The van der Waals surface area contributed by atoms with Crippen LogP contribution in [0.15, 0.2) is 60.0 Å². The molecule has 0 aliphatic carbocycles. The van der Waals surface area contributed by atoms with E-state index in [0.29, 0.717) is 16.5 Å². The van der Waals surface area contributed by atoms with Crippen molar-refractivity contribution in [3.8, 4) is 17.0 Å². The average Bonchev–Trinajstić information content (AvgIpc) is 3.39. The summed E-state index contributed by atoms with van der Waals surface area (Å²) in [7, 11) is 1.63. The molecular formula is C24H21N7O2S. The van der Waals surface area contributed by atoms with Crippen molar-refractivity contribution in [2.45, 2.75) is 13.8 Å². The first-order chi connectivity index (χ1) is 16.5. The summed E-state index contributed by atoms with van der Waals surface area (Å²) in [6, 6.07) is 16.6. The zero-order valence-electron chi connectivity index (χ0n) is 18.7. The summed E-state index contributed by atoms with van der Waals surface area (Å²) in [5.41, 5.74) is 4.77. The molecular weight excluding hydrogens is 450 g/mol. The van der Waals surface area contributed by atoms with Crippen LogP contribution < -0.4 is 15.4 Å². The predicted molar refractivity (Wildman–Crippen MR) is 132 cm³/mol. The molecule has 3 aromatic heterocycles. The number of hydrogen-bond donors (Lipinski definition) is 2. The number of rotatable bonds is 6. The van der Waals surface area contributed by atoms with Crippen molar-refractivity contribution in [1.29, 1.82) is 0 Å². The van der Waals surface area contributed by atoms with Gasteiger partial charge in [0.1, 0.15) is 5.75 Å². The number of amides is 1. The Kier molecular flexibility index (Phi) is 5.64. The summed E-state index contributed by atoms with van der Waals surface area (Å²) in [4.78, 5) is 26.6. The Labute approximate surface area is 199 Å². The maximum absolute atomic E-state index is 12.8. The third-order valence-electron chi connectivity index (χ3n) is 5.08. The largest absolute Gasteiger partial charge is 0.496 e. The smallest absolute Gasteiger partial charge is 0.258 e. The Morgan fingerprint density at radius 1 is 0.971 bits per heavy atom. The predicted octanol–water partition coefficient (Wildman–Crippen LogP) is 4.87. The van der Waals surface area contributed by atoms with Crippen LogP contribution in [0.25, 0.3) is 16.2 Å². The van der Waals surface area contributed by atoms with Gasteiger partial charge in [-0.05, 0) is 56.3 Å². The van der Waals surface area contributed by atoms with Crippen LogP contribution in [-0.4, -0.2) is 37.6 Å². The van der Waals surface area contributed by atoms with Crippen LogP contribution in [0.4, 0.5) is 17.6 Å². The Morgan fingerprint density at radius 2 is 1.71 bits per heavy atom. The Morgan fingerprint density at radius 3 is 2.44 bits per heavy atom. The molecule has 0 bridgehead atoms. The first-order valence-corrected chi connectivity index (χ1v) is 11.4. The highest BCUT2D eigenvalue weighted by Crippen LogP contribution is 2.32. The number of thiazole rings is 1. The number of anilines is 3. The maximum Gasteiger partial charge on any atom is 0.258 e. The molecule has 0 radical (unpaired) electrons. The monoisotopic (exact) mass is 471 g/mol. The second-order valence-corrected chi connectivity index (χ2v) is 8.42. The number of aromatic nitrogens is 5. The summed E-state index contributed by atoms with van der Waals surface area (Å²) in [5.74, 6) is 1.19. The van der Waals surface area contributed by atoms with Crippen LogP contribution in [-0.2, 0) is 0 Å². The van der Waals surface area contributed by atoms with E-state index in [4.69, 9.17) is 4.74 Å². The minimum absolute atomic E-state index is 0.235. The standard InChI is InChI=1S/C24H21N7O2S/c1-14-12-15(2)26-22(25-14)27-17-10-8-16(9-11-17)21(32)28-23-29-24-31(30-23)19(13-34-24)18-6-4-5-7-20(18)33-3/h4-13H,1-3H3,(H,25,26,27)(H,28,30,32). The van der Waals surface area contributed by atoms with E-state index in [1.54, 1.807) is 35.9 Å². The third kappa shape index (κ3) is 4.30. The van der Waals surface area contributed by atoms with E-state index in [0.717, 1.165) is 34.1 Å². The highest BCUT2D eigenvalue weighted by Gasteiger charge is 2.16. The van der Waals surface area contributed by atoms with Gasteiger partial charge in [-0.25, -0.2) is 14.5 Å². The van der Waals surface area contributed by atoms with E-state index in [1.807, 2.05) is 49.6 Å². The Balaban J connectivity index is 1.32. The first-order valence-electron chi connectivity index (χ1n) is 10.5. The number of nitrogens with one attached hydrogen (secondary N) is 2. The van der Waals surface area contributed by atoms with E-state index >= 15 is 0 Å². The van der Waals surface area contributed by atoms with Gasteiger partial charge in [0.2, 0.25) is 10.9 Å². The fourth-order valence-corrected chi connectivity index (χ4v) is 4.39. The molecule has 170 valence electrons. The molecule has 0 saturated heterocycles. The summed E-state index contributed by atoms with van der Waals surface area (Å²) in [5, 5.41) is 12.4. The summed E-state index contributed by atoms with van der Waals surface area (Å²) < 4.78 is 7.17. The average molecular weight is 472 g/mol. The molecule has 34 heavy (non-hydrogen) atoms. The third-order valence-corrected chi connectivity index (χ3v) is 5.89. The van der Waals surface area contributed by atoms with E-state index in [1.165, 1.54) is 11.3 Å². The SMILES string of the molecule is COc1ccccc1-c1csc2nc(NC(=O)c3ccc(Nc4nc(C)cc(C)n4)cc3)nn12. The number of hydrogen-bond acceptors (Lipinski definition) is 8. The van der Waals surface area contributed by atoms with Crippen molar-refractivity contribution in [3.05, 3.63) is 76.9 Å². The number of aryl methyl sites for hydroxylation is 2. The van der Waals surface area contributed by atoms with E-state index in [-0.39, 0.29) is 11.9 Å². The quantitative estimate of drug-likeness (QED) is 0.364. The van der Waals surface area contributed by atoms with Crippen LogP contribution in [0, 0.1) is 13.8 Å². The first kappa shape index (κ1) is 21.5. The molecule has 0 spiro atoms. The molecule has 10 heteroatoms. The molecule has 0 atom stereocenters. The molecule has 9 nitrogen and oxygen atoms in total. The highest BCUT2D eigenvalue weighted by atomic mass is 32.1. The van der Waals surface area contributed by atoms with Gasteiger partial charge < -0.3 is 10.1 Å². The highest BCUT2D eigenvalue weighted by molar-refractivity contribution is 7.15. The second kappa shape index (κ2) is 8.91. The van der Waals surface area contributed by atoms with Crippen molar-refractivity contribution in [3.63, 3.8) is 0 Å². The molecule has 0 unspecified atom stereocenters. The molecule has 5 rings (SSSR count). The van der Waals surface area contributed by atoms with E-state index in [9.17, 15) is 4.79 Å². The van der Waals surface area contributed by atoms with E-state index in [2.05, 4.69) is 30.7 Å². The lowest BCUT2D eigenvalue weighted by Crippen LogP contribution is -2.13. The lowest BCUT2D eigenvalue weighted by molar-refractivity contribution is 0.102. The number of ether oxygens (including phenoxy) is 1. The summed E-state index contributed by atoms with van der Waals surface area (Å²) in [6.45, 7) is 3.83. The normalized spacial score (nSPS) is 10.9. The lowest BCUT2D eigenvalue weighted by Gasteiger charge is -2.07. The molecule has 2 N–H and O–H groups in total. The number of carbonyl (C=O) groups excluding carboxylic acids is 1. The van der Waals surface area contributed by atoms with Gasteiger partial charge in [-0.2, -0.15) is 4.98 Å². The summed E-state index contributed by atoms with van der Waals surface area (Å²) >= 11 is 1.44. The number of carbonyl (C=O) groups is 1. The Bertz CT molecular complexity index is 1470. The van der Waals surface area contributed by atoms with Gasteiger partial charge in [0, 0.05) is 33.6 Å². The van der Waals surface area contributed by atoms with Crippen LogP contribution in [0.2, 0.25) is 0 Å². The molecule has 0 aliphatic heterocycles. The maximum atomic E-state index is 12.8. The molecule has 1 amide bonds. The molecule has 3 heterocycles. The number of benzene rings is 2. The van der Waals surface area contributed by atoms with Crippen molar-refractivity contribution < 1.29 is 9.53 Å². The molecule has 0 aliphatic rings. The van der Waals surface area contributed by atoms with Gasteiger partial charge in [0.05, 0.1) is 12.8 Å². The van der Waals surface area contributed by atoms with Gasteiger partial charge in [-0.15, -0.1) is 16.4 Å². The van der Waals surface area contributed by atoms with Crippen molar-refractivity contribution in [2.75, 3.05) is 17.7 Å². The minimum Gasteiger partial charge on any atom is -0.496 e. The van der Waals surface area contributed by atoms with Crippen LogP contribution in [0.3, 0.4) is 0 Å². The van der Waals surface area contributed by atoms with Crippen LogP contribution in [0.1, 0.15) is 21.7 Å². The van der Waals surface area contributed by atoms with Crippen LogP contribution in [0.5, 0.6) is 5.75 Å². The molecule has 0 saturated carbocycles. The van der Waals surface area contributed by atoms with Gasteiger partial charge in [0.15, 0.2) is 0 Å². The zero-order chi connectivity index (χ0) is 23.7. The molecule has 2 aromatic carbocycles. The lowest BCUT2D eigenvalue weighted by atomic mass is 10.1. The van der Waals surface area contributed by atoms with Crippen molar-refractivity contribution >= 4 is 39.8 Å². The van der Waals surface area contributed by atoms with Crippen molar-refractivity contribution in [1.82, 2.24) is 24.6 Å². The van der Waals surface area contributed by atoms with Gasteiger partial charge in [-0.3, -0.25) is 10.1 Å². The molecule has 5 aromatic rings. The number of fused-ring (bicyclic) bond motifs is 1. The van der Waals surface area contributed by atoms with Crippen LogP contribution >= 0.6 is 11.3 Å². The van der Waals surface area contributed by atoms with E-state index < -0.39 is 0 Å². The zero-order valence-corrected chi connectivity index (χ0v) is 19.6. The fraction of sp³-hybridized carbons (Fsp3) is 0.125. The molecule has 0 fully saturated rings. The summed E-state index contributed by atoms with van der Waals surface area (Å²) in [6.07, 6.45) is 0. The van der Waals surface area contributed by atoms with Crippen molar-refractivity contribution in [2.24, 2.45) is 0 Å². The number of methoxy groups -OCH3 is 1. The minimum atomic E-state index is -0.300. The van der Waals surface area contributed by atoms with Gasteiger partial charge in [-0.1, -0.05) is 12.1 Å². The number of nitrogens with zero attached hydrogens (tertiary/aromatic N) is 5. The fourth-order valence-electron chi connectivity index (χ4n) is 3.57. The van der Waals surface area contributed by atoms with Gasteiger partial charge in [0.25, 0.3) is 11.9 Å². The van der Waals surface area contributed by atoms with Gasteiger partial charge >= 0.3 is 0 Å².